The first kappa shape index (κ1) is 18.3. The van der Waals surface area contributed by atoms with Gasteiger partial charge in [-0.25, -0.2) is 0 Å². The van der Waals surface area contributed by atoms with Gasteiger partial charge in [0.05, 0.1) is 6.54 Å². The van der Waals surface area contributed by atoms with Gasteiger partial charge < -0.3 is 14.8 Å². The topological polar surface area (TPSA) is 64.6 Å². The van der Waals surface area contributed by atoms with Gasteiger partial charge in [-0.1, -0.05) is 24.3 Å². The highest BCUT2D eigenvalue weighted by Gasteiger charge is 2.21. The molecule has 1 N–H and O–H groups in total. The van der Waals surface area contributed by atoms with Crippen LogP contribution in [0.4, 0.5) is 0 Å². The fourth-order valence-electron chi connectivity index (χ4n) is 2.63. The van der Waals surface area contributed by atoms with Crippen molar-refractivity contribution >= 4 is 23.5 Å². The van der Waals surface area contributed by atoms with E-state index in [4.69, 9.17) is 9.47 Å². The molecule has 0 saturated heterocycles. The lowest BCUT2D eigenvalue weighted by Gasteiger charge is -2.26. The van der Waals surface area contributed by atoms with Crippen molar-refractivity contribution in [3.05, 3.63) is 54.1 Å². The number of ketones is 1. The molecule has 5 nitrogen and oxygen atoms in total. The summed E-state index contributed by atoms with van der Waals surface area (Å²) in [4.78, 5) is 25.3. The van der Waals surface area contributed by atoms with Gasteiger partial charge in [-0.3, -0.25) is 9.59 Å². The second-order valence-corrected chi connectivity index (χ2v) is 6.83. The molecule has 0 saturated carbocycles. The Morgan fingerprint density at radius 3 is 2.54 bits per heavy atom. The largest absolute Gasteiger partial charge is 0.486 e. The number of rotatable bonds is 7. The van der Waals surface area contributed by atoms with E-state index in [2.05, 4.69) is 5.32 Å². The molecule has 1 aliphatic rings. The molecule has 0 aromatic heterocycles. The number of Topliss-reactive ketones (excluding diaryl/α,β-unsaturated/α-hetero) is 1. The summed E-state index contributed by atoms with van der Waals surface area (Å²) in [5.74, 6) is 1.20. The summed E-state index contributed by atoms with van der Waals surface area (Å²) >= 11 is 1.63. The molecule has 6 heteroatoms. The van der Waals surface area contributed by atoms with Crippen molar-refractivity contribution in [2.45, 2.75) is 23.8 Å². The van der Waals surface area contributed by atoms with Gasteiger partial charge in [-0.15, -0.1) is 11.8 Å². The number of amides is 1. The van der Waals surface area contributed by atoms with E-state index in [9.17, 15) is 9.59 Å². The van der Waals surface area contributed by atoms with Crippen LogP contribution in [-0.4, -0.2) is 37.2 Å². The zero-order chi connectivity index (χ0) is 18.4. The second kappa shape index (κ2) is 8.76. The van der Waals surface area contributed by atoms with Crippen molar-refractivity contribution < 1.29 is 19.1 Å². The van der Waals surface area contributed by atoms with Crippen LogP contribution in [0.15, 0.2) is 53.4 Å². The van der Waals surface area contributed by atoms with Crippen LogP contribution in [0.5, 0.6) is 11.5 Å². The summed E-state index contributed by atoms with van der Waals surface area (Å²) in [5, 5.41) is 2.81. The normalized spacial score (nSPS) is 15.3. The summed E-state index contributed by atoms with van der Waals surface area (Å²) < 4.78 is 11.4. The maximum absolute atomic E-state index is 12.2. The molecule has 1 amide bonds. The van der Waals surface area contributed by atoms with Crippen LogP contribution in [-0.2, 0) is 4.79 Å². The quantitative estimate of drug-likeness (QED) is 0.597. The summed E-state index contributed by atoms with van der Waals surface area (Å²) in [5.41, 5.74) is 0.635. The number of carbonyl (C=O) groups is 2. The van der Waals surface area contributed by atoms with E-state index >= 15 is 0 Å². The molecule has 1 atom stereocenters. The first-order valence-electron chi connectivity index (χ1n) is 8.48. The van der Waals surface area contributed by atoms with Gasteiger partial charge in [0.2, 0.25) is 5.91 Å². The maximum atomic E-state index is 12.2. The van der Waals surface area contributed by atoms with Gasteiger partial charge in [-0.2, -0.15) is 0 Å². The van der Waals surface area contributed by atoms with Crippen LogP contribution >= 0.6 is 11.8 Å². The molecule has 3 rings (SSSR count). The number of hydrogen-bond donors (Lipinski definition) is 1. The standard InChI is InChI=1S/C20H21NO4S/c1-26-16-8-6-14(7-9-16)17(22)10-11-20(23)21-12-15-13-24-18-4-2-3-5-19(18)25-15/h2-9,15H,10-13H2,1H3,(H,21,23). The third-order valence-electron chi connectivity index (χ3n) is 4.09. The van der Waals surface area contributed by atoms with Crippen molar-refractivity contribution in [1.29, 1.82) is 0 Å². The summed E-state index contributed by atoms with van der Waals surface area (Å²) in [6.45, 7) is 0.738. The van der Waals surface area contributed by atoms with Gasteiger partial charge in [0, 0.05) is 23.3 Å². The maximum Gasteiger partial charge on any atom is 0.220 e. The Bertz CT molecular complexity index is 776. The van der Waals surface area contributed by atoms with Crippen molar-refractivity contribution in [1.82, 2.24) is 5.32 Å². The van der Waals surface area contributed by atoms with Crippen LogP contribution in [0.25, 0.3) is 0 Å². The molecule has 0 radical (unpaired) electrons. The van der Waals surface area contributed by atoms with Crippen LogP contribution in [0, 0.1) is 0 Å². The smallest absolute Gasteiger partial charge is 0.220 e. The van der Waals surface area contributed by atoms with E-state index in [-0.39, 0.29) is 30.6 Å². The van der Waals surface area contributed by atoms with E-state index in [1.165, 1.54) is 0 Å². The predicted octanol–water partition coefficient (Wildman–Crippen LogP) is 3.33. The number of carbonyl (C=O) groups excluding carboxylic acids is 2. The minimum Gasteiger partial charge on any atom is -0.486 e. The van der Waals surface area contributed by atoms with E-state index in [1.807, 2.05) is 42.7 Å². The summed E-state index contributed by atoms with van der Waals surface area (Å²) in [6.07, 6.45) is 2.10. The SMILES string of the molecule is CSc1ccc(C(=O)CCC(=O)NCC2COc3ccccc3O2)cc1. The highest BCUT2D eigenvalue weighted by Crippen LogP contribution is 2.30. The van der Waals surface area contributed by atoms with Crippen molar-refractivity contribution in [2.75, 3.05) is 19.4 Å². The number of thioether (sulfide) groups is 1. The molecule has 0 spiro atoms. The van der Waals surface area contributed by atoms with E-state index in [1.54, 1.807) is 23.9 Å². The Morgan fingerprint density at radius 1 is 1.08 bits per heavy atom. The molecule has 2 aromatic carbocycles. The Kier molecular flexibility index (Phi) is 6.17. The molecule has 1 unspecified atom stereocenters. The number of ether oxygens (including phenoxy) is 2. The molecule has 0 aliphatic carbocycles. The minimum absolute atomic E-state index is 0.0287. The van der Waals surface area contributed by atoms with E-state index in [0.29, 0.717) is 30.2 Å². The zero-order valence-electron chi connectivity index (χ0n) is 14.6. The average Bonchev–Trinajstić information content (AvgIpc) is 2.70. The summed E-state index contributed by atoms with van der Waals surface area (Å²) in [6, 6.07) is 14.9. The molecular formula is C20H21NO4S. The van der Waals surface area contributed by atoms with Crippen molar-refractivity contribution in [2.24, 2.45) is 0 Å². The van der Waals surface area contributed by atoms with Gasteiger partial charge in [0.25, 0.3) is 0 Å². The van der Waals surface area contributed by atoms with Gasteiger partial charge in [0.1, 0.15) is 12.7 Å². The predicted molar refractivity (Wildman–Crippen MR) is 101 cm³/mol. The van der Waals surface area contributed by atoms with E-state index < -0.39 is 0 Å². The van der Waals surface area contributed by atoms with Crippen molar-refractivity contribution in [3.63, 3.8) is 0 Å². The molecule has 2 aromatic rings. The lowest BCUT2D eigenvalue weighted by molar-refractivity contribution is -0.121. The van der Waals surface area contributed by atoms with Crippen LogP contribution in [0.3, 0.4) is 0 Å². The average molecular weight is 371 g/mol. The first-order valence-corrected chi connectivity index (χ1v) is 9.70. The third-order valence-corrected chi connectivity index (χ3v) is 4.83. The summed E-state index contributed by atoms with van der Waals surface area (Å²) in [7, 11) is 0. The minimum atomic E-state index is -0.233. The molecular weight excluding hydrogens is 350 g/mol. The molecule has 136 valence electrons. The number of para-hydroxylation sites is 2. The Morgan fingerprint density at radius 2 is 1.81 bits per heavy atom. The van der Waals surface area contributed by atoms with Crippen LogP contribution < -0.4 is 14.8 Å². The highest BCUT2D eigenvalue weighted by atomic mass is 32.2. The van der Waals surface area contributed by atoms with Crippen molar-refractivity contribution in [3.8, 4) is 11.5 Å². The third kappa shape index (κ3) is 4.79. The number of benzene rings is 2. The lowest BCUT2D eigenvalue weighted by Crippen LogP contribution is -2.40. The number of nitrogens with one attached hydrogen (secondary N) is 1. The molecule has 26 heavy (non-hydrogen) atoms. The molecule has 1 aliphatic heterocycles. The molecule has 0 fully saturated rings. The fourth-order valence-corrected chi connectivity index (χ4v) is 3.04. The van der Waals surface area contributed by atoms with Crippen LogP contribution in [0.1, 0.15) is 23.2 Å². The monoisotopic (exact) mass is 371 g/mol. The Labute approximate surface area is 157 Å². The first-order chi connectivity index (χ1) is 12.7. The van der Waals surface area contributed by atoms with Gasteiger partial charge in [0.15, 0.2) is 17.3 Å². The van der Waals surface area contributed by atoms with Gasteiger partial charge >= 0.3 is 0 Å². The molecule has 1 heterocycles. The Balaban J connectivity index is 1.41. The molecule has 0 bridgehead atoms. The number of hydrogen-bond acceptors (Lipinski definition) is 5. The fraction of sp³-hybridized carbons (Fsp3) is 0.300. The lowest BCUT2D eigenvalue weighted by atomic mass is 10.1. The van der Waals surface area contributed by atoms with E-state index in [0.717, 1.165) is 4.90 Å². The van der Waals surface area contributed by atoms with Gasteiger partial charge in [-0.05, 0) is 30.5 Å². The zero-order valence-corrected chi connectivity index (χ0v) is 15.4. The highest BCUT2D eigenvalue weighted by molar-refractivity contribution is 7.98. The Hall–Kier alpha value is -2.47. The second-order valence-electron chi connectivity index (χ2n) is 5.95. The van der Waals surface area contributed by atoms with Crippen LogP contribution in [0.2, 0.25) is 0 Å². The number of fused-ring (bicyclic) bond motifs is 1.